The van der Waals surface area contributed by atoms with Crippen molar-refractivity contribution in [2.45, 2.75) is 44.0 Å². The SMILES string of the molecule is OC(CC1CCCCN1)C(F)(F)F. The van der Waals surface area contributed by atoms with E-state index in [1.165, 1.54) is 0 Å². The molecule has 0 spiro atoms. The van der Waals surface area contributed by atoms with Gasteiger partial charge in [-0.25, -0.2) is 0 Å². The lowest BCUT2D eigenvalue weighted by atomic mass is 9.99. The molecule has 1 rings (SSSR count). The molecule has 0 aliphatic carbocycles. The summed E-state index contributed by atoms with van der Waals surface area (Å²) in [4.78, 5) is 0. The van der Waals surface area contributed by atoms with E-state index in [2.05, 4.69) is 5.32 Å². The van der Waals surface area contributed by atoms with Crippen LogP contribution in [0.1, 0.15) is 25.7 Å². The van der Waals surface area contributed by atoms with Gasteiger partial charge in [0, 0.05) is 6.04 Å². The van der Waals surface area contributed by atoms with Crippen molar-refractivity contribution in [3.63, 3.8) is 0 Å². The first-order valence-corrected chi connectivity index (χ1v) is 4.48. The number of hydrogen-bond acceptors (Lipinski definition) is 2. The Morgan fingerprint density at radius 1 is 1.38 bits per heavy atom. The standard InChI is InChI=1S/C8H14F3NO/c9-8(10,11)7(13)5-6-3-1-2-4-12-6/h6-7,12-13H,1-5H2. The molecule has 0 aromatic heterocycles. The molecule has 0 bridgehead atoms. The molecule has 0 radical (unpaired) electrons. The lowest BCUT2D eigenvalue weighted by molar-refractivity contribution is -0.207. The Kier molecular flexibility index (Phi) is 3.55. The number of piperidine rings is 1. The first-order valence-electron chi connectivity index (χ1n) is 4.48. The zero-order chi connectivity index (χ0) is 9.90. The van der Waals surface area contributed by atoms with Crippen molar-refractivity contribution in [1.29, 1.82) is 0 Å². The predicted molar refractivity (Wildman–Crippen MR) is 42.3 cm³/mol. The summed E-state index contributed by atoms with van der Waals surface area (Å²) in [5.74, 6) is 0. The third-order valence-corrected chi connectivity index (χ3v) is 2.30. The average molecular weight is 197 g/mol. The van der Waals surface area contributed by atoms with E-state index in [4.69, 9.17) is 5.11 Å². The van der Waals surface area contributed by atoms with Gasteiger partial charge in [-0.15, -0.1) is 0 Å². The van der Waals surface area contributed by atoms with Crippen molar-refractivity contribution in [1.82, 2.24) is 5.32 Å². The van der Waals surface area contributed by atoms with Gasteiger partial charge < -0.3 is 10.4 Å². The highest BCUT2D eigenvalue weighted by atomic mass is 19.4. The normalized spacial score (nSPS) is 27.2. The fourth-order valence-corrected chi connectivity index (χ4v) is 1.53. The van der Waals surface area contributed by atoms with Crippen molar-refractivity contribution in [3.05, 3.63) is 0 Å². The number of hydrogen-bond donors (Lipinski definition) is 2. The summed E-state index contributed by atoms with van der Waals surface area (Å²) in [5.41, 5.74) is 0. The largest absolute Gasteiger partial charge is 0.414 e. The minimum atomic E-state index is -4.47. The van der Waals surface area contributed by atoms with Crippen molar-refractivity contribution < 1.29 is 18.3 Å². The Labute approximate surface area is 75.1 Å². The van der Waals surface area contributed by atoms with Crippen LogP contribution < -0.4 is 5.32 Å². The quantitative estimate of drug-likeness (QED) is 0.702. The molecule has 1 aliphatic heterocycles. The highest BCUT2D eigenvalue weighted by Crippen LogP contribution is 2.25. The molecular formula is C8H14F3NO. The fraction of sp³-hybridized carbons (Fsp3) is 1.00. The minimum Gasteiger partial charge on any atom is -0.384 e. The summed E-state index contributed by atoms with van der Waals surface area (Å²) in [5, 5.41) is 11.7. The molecule has 0 aromatic carbocycles. The van der Waals surface area contributed by atoms with Crippen LogP contribution in [0.15, 0.2) is 0 Å². The second kappa shape index (κ2) is 4.28. The number of alkyl halides is 3. The molecule has 1 fully saturated rings. The first-order chi connectivity index (χ1) is 6.00. The zero-order valence-electron chi connectivity index (χ0n) is 7.27. The Hall–Kier alpha value is -0.290. The predicted octanol–water partition coefficient (Wildman–Crippen LogP) is 1.44. The van der Waals surface area contributed by atoms with Gasteiger partial charge in [0.15, 0.2) is 6.10 Å². The summed E-state index contributed by atoms with van der Waals surface area (Å²) in [6.45, 7) is 0.759. The molecule has 1 aliphatic rings. The first kappa shape index (κ1) is 10.8. The number of halogens is 3. The molecule has 13 heavy (non-hydrogen) atoms. The molecule has 1 heterocycles. The molecule has 0 amide bonds. The van der Waals surface area contributed by atoms with Gasteiger partial charge in [0.2, 0.25) is 0 Å². The van der Waals surface area contributed by atoms with Gasteiger partial charge in [0.1, 0.15) is 0 Å². The zero-order valence-corrected chi connectivity index (χ0v) is 7.27. The van der Waals surface area contributed by atoms with Crippen LogP contribution in [-0.2, 0) is 0 Å². The van der Waals surface area contributed by atoms with E-state index in [1.807, 2.05) is 0 Å². The van der Waals surface area contributed by atoms with Crippen LogP contribution in [0, 0.1) is 0 Å². The fourth-order valence-electron chi connectivity index (χ4n) is 1.53. The highest BCUT2D eigenvalue weighted by Gasteiger charge is 2.39. The summed E-state index contributed by atoms with van der Waals surface area (Å²) in [6, 6.07) is -0.176. The number of nitrogens with one attached hydrogen (secondary N) is 1. The van der Waals surface area contributed by atoms with E-state index in [0.717, 1.165) is 25.8 Å². The summed E-state index contributed by atoms with van der Waals surface area (Å²) >= 11 is 0. The number of rotatable bonds is 2. The lowest BCUT2D eigenvalue weighted by Crippen LogP contribution is -2.40. The van der Waals surface area contributed by atoms with Crippen LogP contribution in [0.2, 0.25) is 0 Å². The van der Waals surface area contributed by atoms with E-state index in [-0.39, 0.29) is 12.5 Å². The monoisotopic (exact) mass is 197 g/mol. The molecule has 2 nitrogen and oxygen atoms in total. The molecule has 5 heteroatoms. The van der Waals surface area contributed by atoms with Gasteiger partial charge in [-0.1, -0.05) is 6.42 Å². The van der Waals surface area contributed by atoms with Crippen molar-refractivity contribution in [2.75, 3.05) is 6.54 Å². The van der Waals surface area contributed by atoms with E-state index < -0.39 is 12.3 Å². The van der Waals surface area contributed by atoms with Crippen LogP contribution in [-0.4, -0.2) is 30.0 Å². The van der Waals surface area contributed by atoms with Gasteiger partial charge in [-0.2, -0.15) is 13.2 Å². The molecule has 0 saturated carbocycles. The Balaban J connectivity index is 2.30. The molecule has 2 N–H and O–H groups in total. The van der Waals surface area contributed by atoms with Crippen molar-refractivity contribution in [2.24, 2.45) is 0 Å². The molecule has 78 valence electrons. The highest BCUT2D eigenvalue weighted by molar-refractivity contribution is 4.78. The van der Waals surface area contributed by atoms with E-state index in [1.54, 1.807) is 0 Å². The maximum atomic E-state index is 11.9. The van der Waals surface area contributed by atoms with Gasteiger partial charge in [0.05, 0.1) is 0 Å². The van der Waals surface area contributed by atoms with Crippen LogP contribution in [0.5, 0.6) is 0 Å². The van der Waals surface area contributed by atoms with Crippen LogP contribution >= 0.6 is 0 Å². The molecule has 2 unspecified atom stereocenters. The molecule has 2 atom stereocenters. The van der Waals surface area contributed by atoms with Gasteiger partial charge in [0.25, 0.3) is 0 Å². The average Bonchev–Trinajstić information content (AvgIpc) is 2.04. The second-order valence-electron chi connectivity index (χ2n) is 3.44. The lowest BCUT2D eigenvalue weighted by Gasteiger charge is -2.26. The van der Waals surface area contributed by atoms with Gasteiger partial charge >= 0.3 is 6.18 Å². The molecule has 1 saturated heterocycles. The van der Waals surface area contributed by atoms with E-state index in [9.17, 15) is 13.2 Å². The smallest absolute Gasteiger partial charge is 0.384 e. The van der Waals surface area contributed by atoms with Crippen LogP contribution in [0.4, 0.5) is 13.2 Å². The van der Waals surface area contributed by atoms with Gasteiger partial charge in [-0.3, -0.25) is 0 Å². The maximum absolute atomic E-state index is 11.9. The summed E-state index contributed by atoms with van der Waals surface area (Å²) in [7, 11) is 0. The van der Waals surface area contributed by atoms with Crippen LogP contribution in [0.3, 0.4) is 0 Å². The second-order valence-corrected chi connectivity index (χ2v) is 3.44. The van der Waals surface area contributed by atoms with Gasteiger partial charge in [-0.05, 0) is 25.8 Å². The Morgan fingerprint density at radius 2 is 2.08 bits per heavy atom. The van der Waals surface area contributed by atoms with E-state index in [0.29, 0.717) is 0 Å². The third kappa shape index (κ3) is 3.52. The summed E-state index contributed by atoms with van der Waals surface area (Å²) in [6.07, 6.45) is -4.18. The minimum absolute atomic E-state index is 0.176. The number of aliphatic hydroxyl groups is 1. The summed E-state index contributed by atoms with van der Waals surface area (Å²) < 4.78 is 35.8. The van der Waals surface area contributed by atoms with Crippen molar-refractivity contribution >= 4 is 0 Å². The Morgan fingerprint density at radius 3 is 2.54 bits per heavy atom. The van der Waals surface area contributed by atoms with E-state index >= 15 is 0 Å². The number of aliphatic hydroxyl groups excluding tert-OH is 1. The maximum Gasteiger partial charge on any atom is 0.414 e. The van der Waals surface area contributed by atoms with Crippen LogP contribution in [0.25, 0.3) is 0 Å². The molecule has 0 aromatic rings. The topological polar surface area (TPSA) is 32.3 Å². The molecular weight excluding hydrogens is 183 g/mol. The third-order valence-electron chi connectivity index (χ3n) is 2.30. The van der Waals surface area contributed by atoms with Crippen molar-refractivity contribution in [3.8, 4) is 0 Å². The Bertz CT molecular complexity index is 154.